The molecule has 0 unspecified atom stereocenters. The third kappa shape index (κ3) is 6.04. The first-order valence-corrected chi connectivity index (χ1v) is 10.6. The molecular weight excluding hydrogens is 420 g/mol. The molecule has 0 heterocycles. The van der Waals surface area contributed by atoms with Crippen LogP contribution < -0.4 is 24.8 Å². The number of benzene rings is 3. The summed E-state index contributed by atoms with van der Waals surface area (Å²) in [5.41, 5.74) is 2.79. The van der Waals surface area contributed by atoms with Gasteiger partial charge < -0.3 is 24.8 Å². The molecule has 0 spiro atoms. The number of anilines is 2. The standard InChI is InChI=1S/C26H28N2O5/c1-17(2)19-9-5-6-10-20(19)28-26(30)18-13-14-23(24(15-18)32-4)33-16-25(29)27-21-11-7-8-12-22(21)31-3/h5-15,17H,16H2,1-4H3,(H,27,29)(H,28,30). The highest BCUT2D eigenvalue weighted by molar-refractivity contribution is 6.05. The Hall–Kier alpha value is -4.00. The highest BCUT2D eigenvalue weighted by atomic mass is 16.5. The van der Waals surface area contributed by atoms with Crippen molar-refractivity contribution in [1.82, 2.24) is 0 Å². The van der Waals surface area contributed by atoms with E-state index in [1.54, 1.807) is 36.4 Å². The van der Waals surface area contributed by atoms with E-state index < -0.39 is 0 Å². The maximum Gasteiger partial charge on any atom is 0.262 e. The van der Waals surface area contributed by atoms with Gasteiger partial charge in [-0.25, -0.2) is 0 Å². The first-order chi connectivity index (χ1) is 15.9. The van der Waals surface area contributed by atoms with Crippen LogP contribution in [0.1, 0.15) is 35.7 Å². The van der Waals surface area contributed by atoms with Crippen LogP contribution in [0.25, 0.3) is 0 Å². The van der Waals surface area contributed by atoms with Gasteiger partial charge in [0, 0.05) is 11.3 Å². The topological polar surface area (TPSA) is 85.9 Å². The second-order valence-electron chi connectivity index (χ2n) is 7.60. The van der Waals surface area contributed by atoms with Crippen LogP contribution in [0.3, 0.4) is 0 Å². The van der Waals surface area contributed by atoms with Crippen molar-refractivity contribution in [3.05, 3.63) is 77.9 Å². The first kappa shape index (κ1) is 23.7. The number of hydrogen-bond donors (Lipinski definition) is 2. The van der Waals surface area contributed by atoms with Gasteiger partial charge in [-0.3, -0.25) is 9.59 Å². The molecule has 2 N–H and O–H groups in total. The Labute approximate surface area is 193 Å². The molecule has 0 aliphatic rings. The molecule has 0 aromatic heterocycles. The van der Waals surface area contributed by atoms with Crippen LogP contribution >= 0.6 is 0 Å². The third-order valence-electron chi connectivity index (χ3n) is 5.00. The Morgan fingerprint density at radius 2 is 1.45 bits per heavy atom. The molecule has 7 heteroatoms. The number of rotatable bonds is 9. The van der Waals surface area contributed by atoms with Crippen LogP contribution in [-0.4, -0.2) is 32.6 Å². The van der Waals surface area contributed by atoms with Crippen molar-refractivity contribution in [3.63, 3.8) is 0 Å². The summed E-state index contributed by atoms with van der Waals surface area (Å²) in [6, 6.07) is 19.6. The highest BCUT2D eigenvalue weighted by Gasteiger charge is 2.15. The molecule has 3 rings (SSSR count). The number of hydrogen-bond acceptors (Lipinski definition) is 5. The molecule has 0 radical (unpaired) electrons. The normalized spacial score (nSPS) is 10.5. The minimum Gasteiger partial charge on any atom is -0.495 e. The first-order valence-electron chi connectivity index (χ1n) is 10.6. The molecular formula is C26H28N2O5. The Morgan fingerprint density at radius 1 is 0.788 bits per heavy atom. The van der Waals surface area contributed by atoms with Crippen LogP contribution in [0, 0.1) is 0 Å². The maximum atomic E-state index is 12.8. The summed E-state index contributed by atoms with van der Waals surface area (Å²) in [7, 11) is 3.01. The molecule has 7 nitrogen and oxygen atoms in total. The van der Waals surface area contributed by atoms with Gasteiger partial charge in [-0.05, 0) is 47.9 Å². The average molecular weight is 449 g/mol. The fourth-order valence-electron chi connectivity index (χ4n) is 3.31. The summed E-state index contributed by atoms with van der Waals surface area (Å²) in [6.45, 7) is 3.91. The van der Waals surface area contributed by atoms with Crippen LogP contribution in [0.4, 0.5) is 11.4 Å². The van der Waals surface area contributed by atoms with E-state index in [4.69, 9.17) is 14.2 Å². The Balaban J connectivity index is 1.67. The number of nitrogens with one attached hydrogen (secondary N) is 2. The molecule has 3 aromatic rings. The van der Waals surface area contributed by atoms with Crippen LogP contribution in [0.15, 0.2) is 66.7 Å². The lowest BCUT2D eigenvalue weighted by molar-refractivity contribution is -0.118. The fourth-order valence-corrected chi connectivity index (χ4v) is 3.31. The van der Waals surface area contributed by atoms with E-state index in [1.165, 1.54) is 14.2 Å². The van der Waals surface area contributed by atoms with Gasteiger partial charge in [-0.2, -0.15) is 0 Å². The van der Waals surface area contributed by atoms with E-state index in [0.717, 1.165) is 11.3 Å². The summed E-state index contributed by atoms with van der Waals surface area (Å²) < 4.78 is 16.2. The second-order valence-corrected chi connectivity index (χ2v) is 7.60. The minimum absolute atomic E-state index is 0.234. The predicted molar refractivity (Wildman–Crippen MR) is 129 cm³/mol. The molecule has 0 fully saturated rings. The molecule has 0 saturated carbocycles. The summed E-state index contributed by atoms with van der Waals surface area (Å²) in [5.74, 6) is 0.916. The van der Waals surface area contributed by atoms with Gasteiger partial charge >= 0.3 is 0 Å². The van der Waals surface area contributed by atoms with Crippen molar-refractivity contribution >= 4 is 23.2 Å². The van der Waals surface area contributed by atoms with E-state index in [0.29, 0.717) is 28.5 Å². The van der Waals surface area contributed by atoms with Gasteiger partial charge in [0.2, 0.25) is 0 Å². The molecule has 0 aliphatic heterocycles. The van der Waals surface area contributed by atoms with Crippen molar-refractivity contribution in [2.75, 3.05) is 31.5 Å². The van der Waals surface area contributed by atoms with E-state index in [1.807, 2.05) is 30.3 Å². The zero-order valence-corrected chi connectivity index (χ0v) is 19.2. The number of methoxy groups -OCH3 is 2. The lowest BCUT2D eigenvalue weighted by Crippen LogP contribution is -2.20. The van der Waals surface area contributed by atoms with Crippen molar-refractivity contribution < 1.29 is 23.8 Å². The van der Waals surface area contributed by atoms with Crippen LogP contribution in [-0.2, 0) is 4.79 Å². The molecule has 33 heavy (non-hydrogen) atoms. The van der Waals surface area contributed by atoms with Crippen LogP contribution in [0.2, 0.25) is 0 Å². The molecule has 0 saturated heterocycles. The van der Waals surface area contributed by atoms with Crippen LogP contribution in [0.5, 0.6) is 17.2 Å². The molecule has 0 bridgehead atoms. The predicted octanol–water partition coefficient (Wildman–Crippen LogP) is 5.10. The quantitative estimate of drug-likeness (QED) is 0.476. The van der Waals surface area contributed by atoms with Gasteiger partial charge in [-0.15, -0.1) is 0 Å². The minimum atomic E-state index is -0.353. The molecule has 172 valence electrons. The largest absolute Gasteiger partial charge is 0.495 e. The average Bonchev–Trinajstić information content (AvgIpc) is 2.83. The zero-order valence-electron chi connectivity index (χ0n) is 19.2. The maximum absolute atomic E-state index is 12.8. The lowest BCUT2D eigenvalue weighted by atomic mass is 10.0. The van der Waals surface area contributed by atoms with Crippen molar-refractivity contribution in [2.24, 2.45) is 0 Å². The molecule has 0 aliphatic carbocycles. The van der Waals surface area contributed by atoms with Gasteiger partial charge in [0.1, 0.15) is 5.75 Å². The van der Waals surface area contributed by atoms with Crippen molar-refractivity contribution in [3.8, 4) is 17.2 Å². The monoisotopic (exact) mass is 448 g/mol. The lowest BCUT2D eigenvalue weighted by Gasteiger charge is -2.15. The second kappa shape index (κ2) is 11.0. The van der Waals surface area contributed by atoms with E-state index in [9.17, 15) is 9.59 Å². The number of ether oxygens (including phenoxy) is 3. The number of carbonyl (C=O) groups excluding carboxylic acids is 2. The number of para-hydroxylation sites is 3. The van der Waals surface area contributed by atoms with Gasteiger partial charge in [0.15, 0.2) is 18.1 Å². The molecule has 3 aromatic carbocycles. The fraction of sp³-hybridized carbons (Fsp3) is 0.231. The Kier molecular flexibility index (Phi) is 7.91. The summed E-state index contributed by atoms with van der Waals surface area (Å²) in [6.07, 6.45) is 0. The van der Waals surface area contributed by atoms with Crippen molar-refractivity contribution in [2.45, 2.75) is 19.8 Å². The zero-order chi connectivity index (χ0) is 23.8. The van der Waals surface area contributed by atoms with E-state index in [-0.39, 0.29) is 24.3 Å². The van der Waals surface area contributed by atoms with Gasteiger partial charge in [-0.1, -0.05) is 44.2 Å². The smallest absolute Gasteiger partial charge is 0.262 e. The van der Waals surface area contributed by atoms with Gasteiger partial charge in [0.25, 0.3) is 11.8 Å². The number of carbonyl (C=O) groups is 2. The molecule has 0 atom stereocenters. The third-order valence-corrected chi connectivity index (χ3v) is 5.00. The Bertz CT molecular complexity index is 1130. The number of amides is 2. The van der Waals surface area contributed by atoms with E-state index >= 15 is 0 Å². The highest BCUT2D eigenvalue weighted by Crippen LogP contribution is 2.30. The van der Waals surface area contributed by atoms with Crippen molar-refractivity contribution in [1.29, 1.82) is 0 Å². The molecule has 2 amide bonds. The van der Waals surface area contributed by atoms with E-state index in [2.05, 4.69) is 24.5 Å². The summed E-state index contributed by atoms with van der Waals surface area (Å²) >= 11 is 0. The Morgan fingerprint density at radius 3 is 2.15 bits per heavy atom. The van der Waals surface area contributed by atoms with Gasteiger partial charge in [0.05, 0.1) is 19.9 Å². The summed E-state index contributed by atoms with van der Waals surface area (Å²) in [5, 5.41) is 5.70. The summed E-state index contributed by atoms with van der Waals surface area (Å²) in [4.78, 5) is 25.1. The SMILES string of the molecule is COc1ccccc1NC(=O)COc1ccc(C(=O)Nc2ccccc2C(C)C)cc1OC.